The van der Waals surface area contributed by atoms with Crippen molar-refractivity contribution in [1.82, 2.24) is 9.62 Å². The molecule has 2 rings (SSSR count). The van der Waals surface area contributed by atoms with Crippen LogP contribution in [0.4, 0.5) is 5.69 Å². The molecule has 0 spiro atoms. The maximum absolute atomic E-state index is 12.1. The lowest BCUT2D eigenvalue weighted by Gasteiger charge is -2.25. The van der Waals surface area contributed by atoms with E-state index >= 15 is 0 Å². The van der Waals surface area contributed by atoms with Crippen LogP contribution in [0.1, 0.15) is 57.9 Å². The second kappa shape index (κ2) is 10.2. The Kier molecular flexibility index (Phi) is 8.26. The second-order valence-electron chi connectivity index (χ2n) is 7.67. The van der Waals surface area contributed by atoms with Crippen molar-refractivity contribution in [2.24, 2.45) is 0 Å². The highest BCUT2D eigenvalue weighted by Crippen LogP contribution is 2.18. The van der Waals surface area contributed by atoms with Gasteiger partial charge in [0.2, 0.25) is 15.9 Å². The molecular formula is C20H33N3O3S. The van der Waals surface area contributed by atoms with Crippen molar-refractivity contribution in [3.05, 3.63) is 29.8 Å². The number of nitrogens with zero attached hydrogens (tertiary/aromatic N) is 1. The predicted molar refractivity (Wildman–Crippen MR) is 110 cm³/mol. The first kappa shape index (κ1) is 21.9. The Labute approximate surface area is 163 Å². The standard InChI is InChI=1S/C20H33N3O3S/c1-16(2)27(25,26)21-15-17(3)18-7-9-19(10-8-18)22-20(24)11-14-23-12-5-4-6-13-23/h7-10,16-17,21H,4-6,11-15H2,1-3H3,(H,22,24). The third-order valence-corrected chi connectivity index (χ3v) is 6.89. The van der Waals surface area contributed by atoms with Gasteiger partial charge in [0.05, 0.1) is 5.25 Å². The van der Waals surface area contributed by atoms with Gasteiger partial charge in [-0.15, -0.1) is 0 Å². The Morgan fingerprint density at radius 3 is 2.30 bits per heavy atom. The van der Waals surface area contributed by atoms with Gasteiger partial charge in [-0.2, -0.15) is 0 Å². The minimum Gasteiger partial charge on any atom is -0.326 e. The minimum atomic E-state index is -3.25. The van der Waals surface area contributed by atoms with Gasteiger partial charge >= 0.3 is 0 Å². The van der Waals surface area contributed by atoms with Crippen LogP contribution in [0.25, 0.3) is 0 Å². The number of benzene rings is 1. The Hall–Kier alpha value is -1.44. The number of anilines is 1. The van der Waals surface area contributed by atoms with Crippen LogP contribution < -0.4 is 10.0 Å². The van der Waals surface area contributed by atoms with Gasteiger partial charge in [-0.1, -0.05) is 25.5 Å². The van der Waals surface area contributed by atoms with E-state index in [2.05, 4.69) is 14.9 Å². The molecule has 2 N–H and O–H groups in total. The fourth-order valence-electron chi connectivity index (χ4n) is 3.09. The van der Waals surface area contributed by atoms with Crippen LogP contribution in [0, 0.1) is 0 Å². The lowest BCUT2D eigenvalue weighted by molar-refractivity contribution is -0.116. The fraction of sp³-hybridized carbons (Fsp3) is 0.650. The Morgan fingerprint density at radius 1 is 1.07 bits per heavy atom. The van der Waals surface area contributed by atoms with Crippen molar-refractivity contribution < 1.29 is 13.2 Å². The molecule has 1 saturated heterocycles. The molecule has 0 aromatic heterocycles. The molecule has 0 aliphatic carbocycles. The van der Waals surface area contributed by atoms with Crippen molar-refractivity contribution >= 4 is 21.6 Å². The average molecular weight is 396 g/mol. The molecule has 1 aromatic carbocycles. The SMILES string of the molecule is CC(CNS(=O)(=O)C(C)C)c1ccc(NC(=O)CCN2CCCCC2)cc1. The summed E-state index contributed by atoms with van der Waals surface area (Å²) < 4.78 is 26.4. The van der Waals surface area contributed by atoms with Crippen LogP contribution in [0.15, 0.2) is 24.3 Å². The lowest BCUT2D eigenvalue weighted by Crippen LogP contribution is -2.33. The summed E-state index contributed by atoms with van der Waals surface area (Å²) in [6, 6.07) is 7.63. The number of carbonyl (C=O) groups is 1. The first-order valence-corrected chi connectivity index (χ1v) is 11.4. The quantitative estimate of drug-likeness (QED) is 0.674. The zero-order valence-electron chi connectivity index (χ0n) is 16.7. The van der Waals surface area contributed by atoms with Crippen molar-refractivity contribution in [1.29, 1.82) is 0 Å². The molecule has 1 heterocycles. The van der Waals surface area contributed by atoms with Gasteiger partial charge in [0.15, 0.2) is 0 Å². The first-order valence-electron chi connectivity index (χ1n) is 9.88. The van der Waals surface area contributed by atoms with Crippen molar-refractivity contribution in [2.75, 3.05) is 31.5 Å². The minimum absolute atomic E-state index is 0.0334. The summed E-state index contributed by atoms with van der Waals surface area (Å²) >= 11 is 0. The molecule has 0 bridgehead atoms. The van der Waals surface area contributed by atoms with Crippen LogP contribution in [-0.2, 0) is 14.8 Å². The molecule has 7 heteroatoms. The van der Waals surface area contributed by atoms with E-state index < -0.39 is 15.3 Å². The molecule has 1 unspecified atom stereocenters. The normalized spacial score (nSPS) is 17.0. The summed E-state index contributed by atoms with van der Waals surface area (Å²) in [5.41, 5.74) is 1.81. The van der Waals surface area contributed by atoms with E-state index in [-0.39, 0.29) is 11.8 Å². The highest BCUT2D eigenvalue weighted by atomic mass is 32.2. The molecular weight excluding hydrogens is 362 g/mol. The number of rotatable bonds is 9. The highest BCUT2D eigenvalue weighted by molar-refractivity contribution is 7.90. The zero-order valence-corrected chi connectivity index (χ0v) is 17.5. The third-order valence-electron chi connectivity index (χ3n) is 5.08. The summed E-state index contributed by atoms with van der Waals surface area (Å²) in [5.74, 6) is 0.0912. The first-order chi connectivity index (χ1) is 12.8. The Morgan fingerprint density at radius 2 is 1.70 bits per heavy atom. The summed E-state index contributed by atoms with van der Waals surface area (Å²) in [7, 11) is -3.25. The van der Waals surface area contributed by atoms with Crippen LogP contribution in [-0.4, -0.2) is 50.7 Å². The van der Waals surface area contributed by atoms with Crippen LogP contribution >= 0.6 is 0 Å². The van der Waals surface area contributed by atoms with Crippen LogP contribution in [0.3, 0.4) is 0 Å². The van der Waals surface area contributed by atoms with E-state index in [0.717, 1.165) is 30.9 Å². The van der Waals surface area contributed by atoms with Crippen molar-refractivity contribution in [3.63, 3.8) is 0 Å². The Balaban J connectivity index is 1.79. The van der Waals surface area contributed by atoms with E-state index in [1.54, 1.807) is 13.8 Å². The number of hydrogen-bond acceptors (Lipinski definition) is 4. The zero-order chi connectivity index (χ0) is 19.9. The van der Waals surface area contributed by atoms with Crippen LogP contribution in [0.5, 0.6) is 0 Å². The van der Waals surface area contributed by atoms with Gasteiger partial charge in [-0.05, 0) is 63.4 Å². The molecule has 0 radical (unpaired) electrons. The van der Waals surface area contributed by atoms with E-state index in [1.807, 2.05) is 31.2 Å². The van der Waals surface area contributed by atoms with E-state index in [0.29, 0.717) is 13.0 Å². The fourth-order valence-corrected chi connectivity index (χ4v) is 3.90. The molecule has 27 heavy (non-hydrogen) atoms. The van der Waals surface area contributed by atoms with Gasteiger partial charge in [0.1, 0.15) is 0 Å². The van der Waals surface area contributed by atoms with E-state index in [4.69, 9.17) is 0 Å². The van der Waals surface area contributed by atoms with Crippen molar-refractivity contribution in [3.8, 4) is 0 Å². The molecule has 1 aliphatic rings. The highest BCUT2D eigenvalue weighted by Gasteiger charge is 2.17. The van der Waals surface area contributed by atoms with Gasteiger partial charge in [-0.3, -0.25) is 4.79 Å². The number of piperidine rings is 1. The molecule has 1 amide bonds. The molecule has 1 aliphatic heterocycles. The maximum Gasteiger partial charge on any atom is 0.225 e. The largest absolute Gasteiger partial charge is 0.326 e. The number of likely N-dealkylation sites (tertiary alicyclic amines) is 1. The van der Waals surface area contributed by atoms with Gasteiger partial charge in [0.25, 0.3) is 0 Å². The Bertz CT molecular complexity index is 696. The molecule has 6 nitrogen and oxygen atoms in total. The summed E-state index contributed by atoms with van der Waals surface area (Å²) in [4.78, 5) is 14.5. The van der Waals surface area contributed by atoms with E-state index in [1.165, 1.54) is 19.3 Å². The van der Waals surface area contributed by atoms with Gasteiger partial charge in [0, 0.05) is 25.2 Å². The average Bonchev–Trinajstić information content (AvgIpc) is 2.66. The lowest BCUT2D eigenvalue weighted by atomic mass is 10.0. The van der Waals surface area contributed by atoms with Gasteiger partial charge in [-0.25, -0.2) is 13.1 Å². The third kappa shape index (κ3) is 7.24. The van der Waals surface area contributed by atoms with E-state index in [9.17, 15) is 13.2 Å². The topological polar surface area (TPSA) is 78.5 Å². The smallest absolute Gasteiger partial charge is 0.225 e. The monoisotopic (exact) mass is 395 g/mol. The summed E-state index contributed by atoms with van der Waals surface area (Å²) in [5, 5.41) is 2.50. The van der Waals surface area contributed by atoms with Crippen molar-refractivity contribution in [2.45, 2.75) is 57.6 Å². The van der Waals surface area contributed by atoms with Crippen LogP contribution in [0.2, 0.25) is 0 Å². The molecule has 1 atom stereocenters. The molecule has 1 fully saturated rings. The molecule has 1 aromatic rings. The second-order valence-corrected chi connectivity index (χ2v) is 9.99. The maximum atomic E-state index is 12.1. The molecule has 0 saturated carbocycles. The summed E-state index contributed by atoms with van der Waals surface area (Å²) in [6.45, 7) is 8.68. The predicted octanol–water partition coefficient (Wildman–Crippen LogP) is 2.93. The number of sulfonamides is 1. The number of amides is 1. The summed E-state index contributed by atoms with van der Waals surface area (Å²) in [6.07, 6.45) is 4.27. The number of carbonyl (C=O) groups excluding carboxylic acids is 1. The number of hydrogen-bond donors (Lipinski definition) is 2. The molecule has 152 valence electrons. The number of nitrogens with one attached hydrogen (secondary N) is 2. The van der Waals surface area contributed by atoms with Gasteiger partial charge < -0.3 is 10.2 Å².